The van der Waals surface area contributed by atoms with Crippen LogP contribution >= 0.6 is 0 Å². The van der Waals surface area contributed by atoms with Crippen LogP contribution in [0.4, 0.5) is 0 Å². The summed E-state index contributed by atoms with van der Waals surface area (Å²) in [7, 11) is 2.11. The Labute approximate surface area is 185 Å². The number of hydrogen-bond acceptors (Lipinski definition) is 1. The molecule has 32 heavy (non-hydrogen) atoms. The van der Waals surface area contributed by atoms with E-state index in [9.17, 15) is 0 Å². The van der Waals surface area contributed by atoms with E-state index < -0.39 is 0 Å². The average Bonchev–Trinajstić information content (AvgIpc) is 3.15. The van der Waals surface area contributed by atoms with Gasteiger partial charge in [0.15, 0.2) is 5.52 Å². The molecular weight excluding hydrogens is 390 g/mol. The maximum Gasteiger partial charge on any atom is 0.287 e. The predicted octanol–water partition coefficient (Wildman–Crippen LogP) is 6.49. The monoisotopic (exact) mass is 412 g/mol. The number of rotatable bonds is 1. The molecule has 0 radical (unpaired) electrons. The summed E-state index contributed by atoms with van der Waals surface area (Å²) in [6.45, 7) is 4.48. The SMILES string of the molecule is Cc1cc2c3ccccc3n3c4cc(-c5ccccc5)cc5nc[n+](C)c(c(c1C)c23)c54. The fourth-order valence-electron chi connectivity index (χ4n) is 5.51. The molecule has 0 amide bonds. The Morgan fingerprint density at radius 1 is 0.750 bits per heavy atom. The summed E-state index contributed by atoms with van der Waals surface area (Å²) in [5.41, 5.74) is 11.1. The molecule has 7 rings (SSSR count). The van der Waals surface area contributed by atoms with E-state index in [1.165, 1.54) is 65.9 Å². The van der Waals surface area contributed by atoms with E-state index in [1.54, 1.807) is 0 Å². The molecule has 0 atom stereocenters. The van der Waals surface area contributed by atoms with Crippen molar-refractivity contribution in [1.29, 1.82) is 0 Å². The zero-order chi connectivity index (χ0) is 21.6. The van der Waals surface area contributed by atoms with Crippen LogP contribution in [0.1, 0.15) is 11.1 Å². The quantitative estimate of drug-likeness (QED) is 0.171. The maximum atomic E-state index is 4.87. The van der Waals surface area contributed by atoms with Crippen molar-refractivity contribution < 1.29 is 4.57 Å². The van der Waals surface area contributed by atoms with Gasteiger partial charge in [0.2, 0.25) is 0 Å². The summed E-state index contributed by atoms with van der Waals surface area (Å²) in [6.07, 6.45) is 1.96. The lowest BCUT2D eigenvalue weighted by Crippen LogP contribution is -2.30. The van der Waals surface area contributed by atoms with E-state index in [-0.39, 0.29) is 0 Å². The fraction of sp³-hybridized carbons (Fsp3) is 0.103. The first-order chi connectivity index (χ1) is 15.6. The molecule has 0 spiro atoms. The molecule has 0 N–H and O–H groups in total. The number of fused-ring (bicyclic) bond motifs is 5. The van der Waals surface area contributed by atoms with Gasteiger partial charge in [0, 0.05) is 10.8 Å². The Balaban J connectivity index is 1.87. The molecule has 3 aromatic heterocycles. The second-order valence-electron chi connectivity index (χ2n) is 8.90. The lowest BCUT2D eigenvalue weighted by molar-refractivity contribution is -0.646. The van der Waals surface area contributed by atoms with Gasteiger partial charge in [-0.15, -0.1) is 0 Å². The van der Waals surface area contributed by atoms with Crippen LogP contribution in [0.25, 0.3) is 60.3 Å². The van der Waals surface area contributed by atoms with Crippen LogP contribution in [0.2, 0.25) is 0 Å². The van der Waals surface area contributed by atoms with E-state index in [0.29, 0.717) is 0 Å². The summed E-state index contributed by atoms with van der Waals surface area (Å²) < 4.78 is 4.66. The van der Waals surface area contributed by atoms with Crippen molar-refractivity contribution in [2.75, 3.05) is 0 Å². The van der Waals surface area contributed by atoms with Gasteiger partial charge in [-0.3, -0.25) is 0 Å². The van der Waals surface area contributed by atoms with Gasteiger partial charge in [-0.1, -0.05) is 48.5 Å². The maximum absolute atomic E-state index is 4.87. The van der Waals surface area contributed by atoms with Crippen LogP contribution < -0.4 is 4.57 Å². The van der Waals surface area contributed by atoms with Crippen molar-refractivity contribution >= 4 is 49.1 Å². The van der Waals surface area contributed by atoms with Crippen molar-refractivity contribution in [3.05, 3.63) is 90.3 Å². The highest BCUT2D eigenvalue weighted by atomic mass is 15.0. The number of benzene rings is 4. The van der Waals surface area contributed by atoms with Gasteiger partial charge >= 0.3 is 0 Å². The van der Waals surface area contributed by atoms with Crippen LogP contribution in [0.3, 0.4) is 0 Å². The molecule has 0 saturated carbocycles. The van der Waals surface area contributed by atoms with E-state index in [0.717, 1.165) is 5.52 Å². The smallest absolute Gasteiger partial charge is 0.287 e. The summed E-state index contributed by atoms with van der Waals surface area (Å²) in [5, 5.41) is 5.16. The van der Waals surface area contributed by atoms with Crippen LogP contribution in [-0.2, 0) is 7.05 Å². The first kappa shape index (κ1) is 17.7. The molecule has 3 heteroatoms. The highest BCUT2D eigenvalue weighted by Gasteiger charge is 2.25. The highest BCUT2D eigenvalue weighted by molar-refractivity contribution is 6.26. The minimum absolute atomic E-state index is 1.03. The first-order valence-electron chi connectivity index (χ1n) is 11.1. The molecule has 3 nitrogen and oxygen atoms in total. The largest absolute Gasteiger partial charge is 0.308 e. The first-order valence-corrected chi connectivity index (χ1v) is 11.1. The molecule has 0 aliphatic heterocycles. The number of aromatic nitrogens is 3. The normalized spacial score (nSPS) is 12.2. The molecule has 0 aliphatic carbocycles. The Hall–Kier alpha value is -3.98. The number of hydrogen-bond donors (Lipinski definition) is 0. The molecule has 0 fully saturated rings. The van der Waals surface area contributed by atoms with Gasteiger partial charge in [-0.2, -0.15) is 0 Å². The van der Waals surface area contributed by atoms with E-state index in [2.05, 4.69) is 103 Å². The molecule has 7 aromatic rings. The second-order valence-corrected chi connectivity index (χ2v) is 8.90. The van der Waals surface area contributed by atoms with Crippen LogP contribution in [0, 0.1) is 13.8 Å². The number of para-hydroxylation sites is 1. The minimum Gasteiger partial charge on any atom is -0.308 e. The third-order valence-corrected chi connectivity index (χ3v) is 7.12. The molecule has 0 aliphatic rings. The number of pyridine rings is 1. The lowest BCUT2D eigenvalue weighted by Gasteiger charge is -2.15. The minimum atomic E-state index is 1.03. The zero-order valence-corrected chi connectivity index (χ0v) is 18.3. The van der Waals surface area contributed by atoms with Gasteiger partial charge in [-0.05, 0) is 65.4 Å². The molecular formula is C29H22N3+. The summed E-state index contributed by atoms with van der Waals surface area (Å²) in [4.78, 5) is 4.87. The molecule has 0 unspecified atom stereocenters. The topological polar surface area (TPSA) is 21.2 Å². The number of aryl methyl sites for hydroxylation is 3. The Morgan fingerprint density at radius 2 is 1.53 bits per heavy atom. The zero-order valence-electron chi connectivity index (χ0n) is 18.3. The van der Waals surface area contributed by atoms with E-state index in [4.69, 9.17) is 4.98 Å². The summed E-state index contributed by atoms with van der Waals surface area (Å²) >= 11 is 0. The van der Waals surface area contributed by atoms with Gasteiger partial charge < -0.3 is 4.40 Å². The van der Waals surface area contributed by atoms with Gasteiger partial charge in [-0.25, -0.2) is 4.57 Å². The predicted molar refractivity (Wildman–Crippen MR) is 132 cm³/mol. The molecule has 3 heterocycles. The Morgan fingerprint density at radius 3 is 2.38 bits per heavy atom. The fourth-order valence-corrected chi connectivity index (χ4v) is 5.51. The third-order valence-electron chi connectivity index (χ3n) is 7.12. The van der Waals surface area contributed by atoms with Crippen LogP contribution in [-0.4, -0.2) is 9.38 Å². The van der Waals surface area contributed by atoms with Crippen molar-refractivity contribution in [1.82, 2.24) is 9.38 Å². The lowest BCUT2D eigenvalue weighted by atomic mass is 9.96. The Kier molecular flexibility index (Phi) is 3.34. The van der Waals surface area contributed by atoms with Gasteiger partial charge in [0.25, 0.3) is 6.33 Å². The van der Waals surface area contributed by atoms with Gasteiger partial charge in [0.05, 0.1) is 34.4 Å². The summed E-state index contributed by atoms with van der Waals surface area (Å²) in [6, 6.07) is 26.3. The van der Waals surface area contributed by atoms with Crippen molar-refractivity contribution in [2.24, 2.45) is 7.05 Å². The number of nitrogens with zero attached hydrogens (tertiary/aromatic N) is 3. The van der Waals surface area contributed by atoms with Crippen LogP contribution in [0.5, 0.6) is 0 Å². The standard InChI is InChI=1S/C29H22N3/c1-17-13-22-21-11-7-8-12-24(21)32-25-15-20(19-9-5-4-6-10-19)14-23-27(25)29(31(3)16-30-23)26(18(17)2)28(22)32/h4-16H,1-3H3/q+1. The average molecular weight is 413 g/mol. The molecule has 152 valence electrons. The van der Waals surface area contributed by atoms with E-state index in [1.807, 2.05) is 6.33 Å². The van der Waals surface area contributed by atoms with Crippen molar-refractivity contribution in [3.63, 3.8) is 0 Å². The molecule has 4 aromatic carbocycles. The highest BCUT2D eigenvalue weighted by Crippen LogP contribution is 2.42. The van der Waals surface area contributed by atoms with Crippen molar-refractivity contribution in [3.8, 4) is 11.1 Å². The second kappa shape index (κ2) is 6.04. The van der Waals surface area contributed by atoms with Crippen LogP contribution in [0.15, 0.2) is 79.1 Å². The van der Waals surface area contributed by atoms with Crippen molar-refractivity contribution in [2.45, 2.75) is 13.8 Å². The Bertz CT molecular complexity index is 1840. The molecule has 0 saturated heterocycles. The molecule has 0 bridgehead atoms. The summed E-state index contributed by atoms with van der Waals surface area (Å²) in [5.74, 6) is 0. The van der Waals surface area contributed by atoms with E-state index >= 15 is 0 Å². The third kappa shape index (κ3) is 2.10. The van der Waals surface area contributed by atoms with Gasteiger partial charge in [0.1, 0.15) is 5.52 Å².